The van der Waals surface area contributed by atoms with Crippen LogP contribution in [-0.4, -0.2) is 48.6 Å². The molecule has 1 aromatic heterocycles. The normalized spacial score (nSPS) is 11.1. The van der Waals surface area contributed by atoms with Gasteiger partial charge < -0.3 is 19.4 Å². The van der Waals surface area contributed by atoms with Crippen molar-refractivity contribution in [2.45, 2.75) is 13.1 Å². The number of hydrogen-bond donors (Lipinski definition) is 1. The number of amides is 2. The number of rotatable bonds is 7. The lowest BCUT2D eigenvalue weighted by Crippen LogP contribution is -2.42. The monoisotopic (exact) mass is 476 g/mol. The maximum Gasteiger partial charge on any atom is 0.406 e. The molecule has 156 valence electrons. The highest BCUT2D eigenvalue weighted by Crippen LogP contribution is 2.20. The number of carbonyl (C=O) groups is 3. The summed E-state index contributed by atoms with van der Waals surface area (Å²) in [5.74, 6) is -2.61. The van der Waals surface area contributed by atoms with E-state index in [1.54, 1.807) is 0 Å². The molecule has 0 aliphatic carbocycles. The molecule has 0 spiro atoms. The van der Waals surface area contributed by atoms with Gasteiger partial charge >= 0.3 is 12.1 Å². The smallest absolute Gasteiger partial charge is 0.406 e. The van der Waals surface area contributed by atoms with Gasteiger partial charge in [0, 0.05) is 11.3 Å². The summed E-state index contributed by atoms with van der Waals surface area (Å²) in [6.45, 7) is -1.01. The van der Waals surface area contributed by atoms with Crippen molar-refractivity contribution in [1.29, 1.82) is 0 Å². The summed E-state index contributed by atoms with van der Waals surface area (Å²) in [5.41, 5.74) is 0.0217. The highest BCUT2D eigenvalue weighted by molar-refractivity contribution is 9.10. The van der Waals surface area contributed by atoms with E-state index in [1.165, 1.54) is 43.3 Å². The average molecular weight is 477 g/mol. The maximum atomic E-state index is 12.8. The number of esters is 1. The number of nitrogens with one attached hydrogen (secondary N) is 1. The van der Waals surface area contributed by atoms with Crippen LogP contribution < -0.4 is 5.32 Å². The van der Waals surface area contributed by atoms with Crippen LogP contribution in [0.5, 0.6) is 0 Å². The van der Waals surface area contributed by atoms with E-state index in [4.69, 9.17) is 4.42 Å². The number of carbonyl (C=O) groups excluding carboxylic acids is 3. The molecule has 2 amide bonds. The molecule has 0 bridgehead atoms. The van der Waals surface area contributed by atoms with Crippen molar-refractivity contribution in [2.24, 2.45) is 0 Å². The number of nitrogens with zero attached hydrogens (tertiary/aromatic N) is 1. The fourth-order valence-electron chi connectivity index (χ4n) is 2.32. The third-order valence-corrected chi connectivity index (χ3v) is 3.87. The number of halogens is 4. The summed E-state index contributed by atoms with van der Waals surface area (Å²) in [6, 6.07) is 8.24. The lowest BCUT2D eigenvalue weighted by molar-refractivity contribution is -0.153. The first-order valence-electron chi connectivity index (χ1n) is 8.27. The molecule has 2 rings (SSSR count). The molecule has 0 aliphatic rings. The van der Waals surface area contributed by atoms with E-state index < -0.39 is 37.0 Å². The lowest BCUT2D eigenvalue weighted by atomic mass is 10.1. The number of ether oxygens (including phenoxy) is 1. The zero-order valence-electron chi connectivity index (χ0n) is 15.1. The minimum atomic E-state index is -4.71. The SMILES string of the molecule is CCOC(=O)CN(CC(F)(F)F)C(=O)c1cccc(NC(=O)c2ccc(Br)o2)c1. The highest BCUT2D eigenvalue weighted by atomic mass is 79.9. The second kappa shape index (κ2) is 9.59. The first-order chi connectivity index (χ1) is 13.6. The molecule has 0 unspecified atom stereocenters. The van der Waals surface area contributed by atoms with Crippen molar-refractivity contribution in [3.05, 3.63) is 52.4 Å². The average Bonchev–Trinajstić information content (AvgIpc) is 3.06. The molecule has 11 heteroatoms. The van der Waals surface area contributed by atoms with E-state index in [0.717, 1.165) is 0 Å². The molecule has 1 N–H and O–H groups in total. The van der Waals surface area contributed by atoms with Gasteiger partial charge in [-0.25, -0.2) is 0 Å². The topological polar surface area (TPSA) is 88.9 Å². The number of furan rings is 1. The summed E-state index contributed by atoms with van der Waals surface area (Å²) in [6.07, 6.45) is -4.71. The molecule has 0 saturated carbocycles. The largest absolute Gasteiger partial charge is 0.465 e. The molecule has 7 nitrogen and oxygen atoms in total. The van der Waals surface area contributed by atoms with Crippen LogP contribution in [-0.2, 0) is 9.53 Å². The summed E-state index contributed by atoms with van der Waals surface area (Å²) in [7, 11) is 0. The summed E-state index contributed by atoms with van der Waals surface area (Å²) in [4.78, 5) is 36.6. The van der Waals surface area contributed by atoms with Gasteiger partial charge in [-0.1, -0.05) is 6.07 Å². The molecule has 0 saturated heterocycles. The van der Waals surface area contributed by atoms with Crippen molar-refractivity contribution >= 4 is 39.4 Å². The van der Waals surface area contributed by atoms with Crippen molar-refractivity contribution in [3.8, 4) is 0 Å². The Morgan fingerprint density at radius 1 is 1.21 bits per heavy atom. The van der Waals surface area contributed by atoms with Gasteiger partial charge in [0.15, 0.2) is 10.4 Å². The van der Waals surface area contributed by atoms with Gasteiger partial charge in [0.2, 0.25) is 0 Å². The van der Waals surface area contributed by atoms with Crippen LogP contribution in [0.4, 0.5) is 18.9 Å². The number of hydrogen-bond acceptors (Lipinski definition) is 5. The van der Waals surface area contributed by atoms with E-state index in [1.807, 2.05) is 0 Å². The molecule has 0 atom stereocenters. The van der Waals surface area contributed by atoms with Crippen LogP contribution in [0.1, 0.15) is 27.8 Å². The predicted octanol–water partition coefficient (Wildman–Crippen LogP) is 3.86. The minimum Gasteiger partial charge on any atom is -0.465 e. The van der Waals surface area contributed by atoms with Gasteiger partial charge in [-0.15, -0.1) is 0 Å². The zero-order valence-corrected chi connectivity index (χ0v) is 16.7. The number of anilines is 1. The minimum absolute atomic E-state index is 0.00499. The Hall–Kier alpha value is -2.82. The first kappa shape index (κ1) is 22.5. The number of benzene rings is 1. The highest BCUT2D eigenvalue weighted by Gasteiger charge is 2.34. The van der Waals surface area contributed by atoms with Crippen molar-refractivity contribution in [1.82, 2.24) is 4.90 Å². The van der Waals surface area contributed by atoms with Crippen LogP contribution in [0.25, 0.3) is 0 Å². The Balaban J connectivity index is 2.19. The van der Waals surface area contributed by atoms with Crippen LogP contribution in [0.15, 0.2) is 45.5 Å². The molecule has 0 aliphatic heterocycles. The Labute approximate surface area is 171 Å². The van der Waals surface area contributed by atoms with Gasteiger partial charge in [-0.3, -0.25) is 14.4 Å². The molecule has 1 aromatic carbocycles. The second-order valence-electron chi connectivity index (χ2n) is 5.72. The van der Waals surface area contributed by atoms with Crippen LogP contribution in [0.2, 0.25) is 0 Å². The van der Waals surface area contributed by atoms with Gasteiger partial charge in [-0.05, 0) is 53.2 Å². The molecule has 0 fully saturated rings. The summed E-state index contributed by atoms with van der Waals surface area (Å²) in [5, 5.41) is 2.48. The molecule has 0 radical (unpaired) electrons. The quantitative estimate of drug-likeness (QED) is 0.612. The predicted molar refractivity (Wildman–Crippen MR) is 99.4 cm³/mol. The molecular formula is C18H16BrF3N2O5. The third-order valence-electron chi connectivity index (χ3n) is 3.45. The molecule has 29 heavy (non-hydrogen) atoms. The van der Waals surface area contributed by atoms with Gasteiger partial charge in [-0.2, -0.15) is 13.2 Å². The van der Waals surface area contributed by atoms with Crippen LogP contribution >= 0.6 is 15.9 Å². The van der Waals surface area contributed by atoms with E-state index in [2.05, 4.69) is 26.0 Å². The van der Waals surface area contributed by atoms with Crippen LogP contribution in [0, 0.1) is 0 Å². The molecule has 2 aromatic rings. The Morgan fingerprint density at radius 2 is 1.93 bits per heavy atom. The summed E-state index contributed by atoms with van der Waals surface area (Å²) >= 11 is 3.06. The van der Waals surface area contributed by atoms with Crippen molar-refractivity contribution in [2.75, 3.05) is 25.0 Å². The molecular weight excluding hydrogens is 461 g/mol. The number of alkyl halides is 3. The van der Waals surface area contributed by atoms with Gasteiger partial charge in [0.05, 0.1) is 6.61 Å². The van der Waals surface area contributed by atoms with E-state index in [-0.39, 0.29) is 23.6 Å². The van der Waals surface area contributed by atoms with Gasteiger partial charge in [0.25, 0.3) is 11.8 Å². The Kier molecular flexibility index (Phi) is 7.43. The fraction of sp³-hybridized carbons (Fsp3) is 0.278. The fourth-order valence-corrected chi connectivity index (χ4v) is 2.63. The van der Waals surface area contributed by atoms with Crippen molar-refractivity contribution < 1.29 is 36.7 Å². The second-order valence-corrected chi connectivity index (χ2v) is 6.50. The Morgan fingerprint density at radius 3 is 2.52 bits per heavy atom. The van der Waals surface area contributed by atoms with E-state index in [0.29, 0.717) is 9.57 Å². The molecule has 1 heterocycles. The van der Waals surface area contributed by atoms with E-state index >= 15 is 0 Å². The zero-order chi connectivity index (χ0) is 21.6. The Bertz CT molecular complexity index is 898. The van der Waals surface area contributed by atoms with Gasteiger partial charge in [0.1, 0.15) is 13.1 Å². The summed E-state index contributed by atoms with van der Waals surface area (Å²) < 4.78 is 48.6. The standard InChI is InChI=1S/C18H16BrF3N2O5/c1-2-28-15(25)9-24(10-18(20,21)22)17(27)11-4-3-5-12(8-11)23-16(26)13-6-7-14(19)29-13/h3-8H,2,9-10H2,1H3,(H,23,26). The van der Waals surface area contributed by atoms with Crippen molar-refractivity contribution in [3.63, 3.8) is 0 Å². The lowest BCUT2D eigenvalue weighted by Gasteiger charge is -2.23. The third kappa shape index (κ3) is 6.93. The van der Waals surface area contributed by atoms with E-state index in [9.17, 15) is 27.6 Å². The first-order valence-corrected chi connectivity index (χ1v) is 9.06. The maximum absolute atomic E-state index is 12.8. The van der Waals surface area contributed by atoms with Crippen LogP contribution in [0.3, 0.4) is 0 Å².